The molecular formula is C29H35N5O3. The lowest BCUT2D eigenvalue weighted by atomic mass is 9.84. The fourth-order valence-corrected chi connectivity index (χ4v) is 5.75. The quantitative estimate of drug-likeness (QED) is 0.533. The largest absolute Gasteiger partial charge is 0.353 e. The second-order valence-electron chi connectivity index (χ2n) is 11.0. The van der Waals surface area contributed by atoms with Gasteiger partial charge in [0.2, 0.25) is 0 Å². The van der Waals surface area contributed by atoms with Crippen LogP contribution >= 0.6 is 0 Å². The summed E-state index contributed by atoms with van der Waals surface area (Å²) in [5, 5.41) is 5.20. The molecule has 2 aromatic rings. The van der Waals surface area contributed by atoms with Gasteiger partial charge in [0.15, 0.2) is 0 Å². The Kier molecular flexibility index (Phi) is 6.13. The second-order valence-corrected chi connectivity index (χ2v) is 11.0. The van der Waals surface area contributed by atoms with Gasteiger partial charge >= 0.3 is 6.03 Å². The van der Waals surface area contributed by atoms with E-state index in [1.165, 1.54) is 36.8 Å². The number of nitrogens with one attached hydrogen (secondary N) is 2. The van der Waals surface area contributed by atoms with Gasteiger partial charge in [-0.1, -0.05) is 38.0 Å². The number of piperazine rings is 1. The van der Waals surface area contributed by atoms with E-state index in [4.69, 9.17) is 4.98 Å². The third kappa shape index (κ3) is 4.58. The summed E-state index contributed by atoms with van der Waals surface area (Å²) in [5.41, 5.74) is 3.03. The molecule has 2 saturated carbocycles. The second kappa shape index (κ2) is 9.47. The van der Waals surface area contributed by atoms with Crippen LogP contribution in [0.4, 0.5) is 10.6 Å². The minimum atomic E-state index is -1.07. The van der Waals surface area contributed by atoms with Crippen molar-refractivity contribution in [2.24, 2.45) is 0 Å². The van der Waals surface area contributed by atoms with E-state index in [1.807, 2.05) is 4.90 Å². The number of rotatable bonds is 8. The Morgan fingerprint density at radius 3 is 2.32 bits per heavy atom. The zero-order chi connectivity index (χ0) is 25.6. The average Bonchev–Trinajstić information content (AvgIpc) is 3.85. The standard InChI is InChI=1S/C29H35N5O3/c1-2-3-12-29(27(36)31-28(37)32-29)23-10-8-21(9-11-23)26(35)34-15-13-33(14-16-34)25-24(20-6-7-20)17-22(18-30-25)19-4-5-19/h8-11,17-20H,2-7,12-16H2,1H3,(H2,31,32,36,37). The number of carbonyl (C=O) groups excluding carboxylic acids is 3. The van der Waals surface area contributed by atoms with Crippen LogP contribution in [0.25, 0.3) is 0 Å². The van der Waals surface area contributed by atoms with Crippen LogP contribution in [0.2, 0.25) is 0 Å². The van der Waals surface area contributed by atoms with E-state index >= 15 is 0 Å². The molecule has 4 fully saturated rings. The number of benzene rings is 1. The normalized spacial score (nSPS) is 23.7. The molecular weight excluding hydrogens is 466 g/mol. The first-order valence-corrected chi connectivity index (χ1v) is 13.8. The number of unbranched alkanes of at least 4 members (excludes halogenated alkanes) is 1. The van der Waals surface area contributed by atoms with E-state index in [1.54, 1.807) is 24.3 Å². The van der Waals surface area contributed by atoms with Crippen LogP contribution in [0.15, 0.2) is 36.5 Å². The van der Waals surface area contributed by atoms with Crippen LogP contribution in [0.3, 0.4) is 0 Å². The molecule has 8 nitrogen and oxygen atoms in total. The molecule has 4 amide bonds. The molecule has 2 aliphatic heterocycles. The summed E-state index contributed by atoms with van der Waals surface area (Å²) in [5.74, 6) is 2.13. The fourth-order valence-electron chi connectivity index (χ4n) is 5.75. The van der Waals surface area contributed by atoms with E-state index in [2.05, 4.69) is 34.7 Å². The van der Waals surface area contributed by atoms with Gasteiger partial charge in [0.25, 0.3) is 11.8 Å². The van der Waals surface area contributed by atoms with Gasteiger partial charge in [0, 0.05) is 37.9 Å². The molecule has 1 atom stereocenters. The minimum absolute atomic E-state index is 0.00632. The Morgan fingerprint density at radius 2 is 1.73 bits per heavy atom. The van der Waals surface area contributed by atoms with Crippen molar-refractivity contribution in [1.82, 2.24) is 20.5 Å². The van der Waals surface area contributed by atoms with Crippen molar-refractivity contribution in [2.45, 2.75) is 69.2 Å². The molecule has 1 aromatic heterocycles. The van der Waals surface area contributed by atoms with Gasteiger partial charge in [-0.2, -0.15) is 0 Å². The molecule has 2 aliphatic carbocycles. The van der Waals surface area contributed by atoms with Crippen molar-refractivity contribution in [3.63, 3.8) is 0 Å². The maximum atomic E-state index is 13.3. The zero-order valence-electron chi connectivity index (χ0n) is 21.5. The van der Waals surface area contributed by atoms with Crippen LogP contribution in [0.1, 0.15) is 90.8 Å². The number of hydrogen-bond acceptors (Lipinski definition) is 5. The SMILES string of the molecule is CCCCC1(c2ccc(C(=O)N3CCN(c4ncc(C5CC5)cc4C4CC4)CC3)cc2)NC(=O)NC1=O. The molecule has 1 aromatic carbocycles. The minimum Gasteiger partial charge on any atom is -0.353 e. The van der Waals surface area contributed by atoms with Crippen LogP contribution in [0, 0.1) is 0 Å². The van der Waals surface area contributed by atoms with Crippen LogP contribution in [0.5, 0.6) is 0 Å². The zero-order valence-corrected chi connectivity index (χ0v) is 21.5. The maximum absolute atomic E-state index is 13.3. The van der Waals surface area contributed by atoms with E-state index in [-0.39, 0.29) is 11.8 Å². The van der Waals surface area contributed by atoms with Crippen LogP contribution < -0.4 is 15.5 Å². The van der Waals surface area contributed by atoms with Gasteiger partial charge in [-0.05, 0) is 72.8 Å². The summed E-state index contributed by atoms with van der Waals surface area (Å²) in [4.78, 5) is 47.0. The first kappa shape index (κ1) is 23.9. The number of imide groups is 1. The Morgan fingerprint density at radius 1 is 1.03 bits per heavy atom. The predicted molar refractivity (Wildman–Crippen MR) is 141 cm³/mol. The molecule has 2 N–H and O–H groups in total. The summed E-state index contributed by atoms with van der Waals surface area (Å²) in [7, 11) is 0. The molecule has 0 spiro atoms. The molecule has 37 heavy (non-hydrogen) atoms. The summed E-state index contributed by atoms with van der Waals surface area (Å²) >= 11 is 0. The monoisotopic (exact) mass is 501 g/mol. The molecule has 0 radical (unpaired) electrons. The molecule has 3 heterocycles. The number of pyridine rings is 1. The summed E-state index contributed by atoms with van der Waals surface area (Å²) in [6.45, 7) is 4.89. The summed E-state index contributed by atoms with van der Waals surface area (Å²) in [6, 6.07) is 9.09. The van der Waals surface area contributed by atoms with Gasteiger partial charge in [-0.3, -0.25) is 14.9 Å². The third-order valence-corrected chi connectivity index (χ3v) is 8.32. The van der Waals surface area contributed by atoms with E-state index in [0.29, 0.717) is 42.5 Å². The number of amides is 4. The number of urea groups is 1. The Bertz CT molecular complexity index is 1210. The number of anilines is 1. The molecule has 2 saturated heterocycles. The van der Waals surface area contributed by atoms with Gasteiger partial charge in [-0.25, -0.2) is 9.78 Å². The van der Waals surface area contributed by atoms with Crippen molar-refractivity contribution in [3.8, 4) is 0 Å². The maximum Gasteiger partial charge on any atom is 0.322 e. The van der Waals surface area contributed by atoms with Gasteiger partial charge in [0.1, 0.15) is 11.4 Å². The Labute approximate surface area is 217 Å². The van der Waals surface area contributed by atoms with E-state index < -0.39 is 11.6 Å². The molecule has 0 bridgehead atoms. The van der Waals surface area contributed by atoms with Crippen molar-refractivity contribution in [3.05, 3.63) is 58.8 Å². The van der Waals surface area contributed by atoms with E-state index in [9.17, 15) is 14.4 Å². The molecule has 6 rings (SSSR count). The first-order valence-electron chi connectivity index (χ1n) is 13.8. The highest BCUT2D eigenvalue weighted by atomic mass is 16.2. The highest BCUT2D eigenvalue weighted by Crippen LogP contribution is 2.47. The fraction of sp³-hybridized carbons (Fsp3) is 0.517. The van der Waals surface area contributed by atoms with Crippen molar-refractivity contribution >= 4 is 23.7 Å². The van der Waals surface area contributed by atoms with Gasteiger partial charge in [0.05, 0.1) is 0 Å². The van der Waals surface area contributed by atoms with Crippen LogP contribution in [-0.4, -0.2) is 53.9 Å². The number of carbonyl (C=O) groups is 3. The highest BCUT2D eigenvalue weighted by Gasteiger charge is 2.47. The Balaban J connectivity index is 1.13. The van der Waals surface area contributed by atoms with Gasteiger partial charge in [-0.15, -0.1) is 0 Å². The lowest BCUT2D eigenvalue weighted by Crippen LogP contribution is -2.49. The predicted octanol–water partition coefficient (Wildman–Crippen LogP) is 4.02. The lowest BCUT2D eigenvalue weighted by molar-refractivity contribution is -0.124. The first-order chi connectivity index (χ1) is 18.0. The third-order valence-electron chi connectivity index (χ3n) is 8.32. The summed E-state index contributed by atoms with van der Waals surface area (Å²) < 4.78 is 0. The summed E-state index contributed by atoms with van der Waals surface area (Å²) in [6.07, 6.45) is 9.38. The molecule has 8 heteroatoms. The van der Waals surface area contributed by atoms with Crippen molar-refractivity contribution in [2.75, 3.05) is 31.1 Å². The average molecular weight is 502 g/mol. The number of hydrogen-bond donors (Lipinski definition) is 2. The molecule has 194 valence electrons. The Hall–Kier alpha value is -3.42. The highest BCUT2D eigenvalue weighted by molar-refractivity contribution is 6.07. The van der Waals surface area contributed by atoms with Gasteiger partial charge < -0.3 is 15.1 Å². The van der Waals surface area contributed by atoms with Crippen LogP contribution in [-0.2, 0) is 10.3 Å². The van der Waals surface area contributed by atoms with Crippen molar-refractivity contribution in [1.29, 1.82) is 0 Å². The van der Waals surface area contributed by atoms with Crippen molar-refractivity contribution < 1.29 is 14.4 Å². The number of aromatic nitrogens is 1. The smallest absolute Gasteiger partial charge is 0.322 e. The molecule has 1 unspecified atom stereocenters. The topological polar surface area (TPSA) is 94.6 Å². The molecule has 4 aliphatic rings. The van der Waals surface area contributed by atoms with E-state index in [0.717, 1.165) is 31.7 Å². The lowest BCUT2D eigenvalue weighted by Gasteiger charge is -2.36. The number of nitrogens with zero attached hydrogens (tertiary/aromatic N) is 3.